The standard InChI is InChI=1S/C33H31N5O6/c1-21-8-4-5-9-23(21)18-37(31(39)19-38-26-11-7-6-10-25(26)35-36-38)32(22-12-14-27(41-2)29(16-22)42-3)33(40)34-24-13-15-28-30(17-24)44-20-43-28/h4-17,32H,18-20H2,1-3H3,(H,34,40)/t32-/m0/s1. The zero-order valence-corrected chi connectivity index (χ0v) is 24.5. The highest BCUT2D eigenvalue weighted by molar-refractivity contribution is 5.98. The molecule has 6 rings (SSSR count). The van der Waals surface area contributed by atoms with Crippen molar-refractivity contribution in [1.82, 2.24) is 19.9 Å². The normalized spacial score (nSPS) is 12.5. The van der Waals surface area contributed by atoms with E-state index in [9.17, 15) is 9.59 Å². The van der Waals surface area contributed by atoms with E-state index in [1.165, 1.54) is 14.2 Å². The molecule has 1 aliphatic rings. The molecule has 44 heavy (non-hydrogen) atoms. The Morgan fingerprint density at radius 1 is 0.932 bits per heavy atom. The molecule has 0 saturated heterocycles. The topological polar surface area (TPSA) is 117 Å². The van der Waals surface area contributed by atoms with Gasteiger partial charge in [-0.15, -0.1) is 5.10 Å². The molecule has 2 amide bonds. The van der Waals surface area contributed by atoms with Gasteiger partial charge in [0, 0.05) is 18.3 Å². The van der Waals surface area contributed by atoms with Gasteiger partial charge >= 0.3 is 0 Å². The summed E-state index contributed by atoms with van der Waals surface area (Å²) in [6.07, 6.45) is 0. The van der Waals surface area contributed by atoms with Gasteiger partial charge < -0.3 is 29.2 Å². The van der Waals surface area contributed by atoms with Gasteiger partial charge in [-0.3, -0.25) is 9.59 Å². The van der Waals surface area contributed by atoms with Gasteiger partial charge in [0.25, 0.3) is 5.91 Å². The van der Waals surface area contributed by atoms with Gasteiger partial charge in [0.1, 0.15) is 18.1 Å². The van der Waals surface area contributed by atoms with Crippen molar-refractivity contribution in [2.45, 2.75) is 26.1 Å². The highest BCUT2D eigenvalue weighted by atomic mass is 16.7. The van der Waals surface area contributed by atoms with Crippen LogP contribution in [0.3, 0.4) is 0 Å². The van der Waals surface area contributed by atoms with Gasteiger partial charge in [-0.2, -0.15) is 0 Å². The van der Waals surface area contributed by atoms with E-state index in [-0.39, 0.29) is 25.8 Å². The van der Waals surface area contributed by atoms with E-state index in [1.807, 2.05) is 55.5 Å². The number of rotatable bonds is 10. The van der Waals surface area contributed by atoms with Crippen LogP contribution in [0.4, 0.5) is 5.69 Å². The molecular formula is C33H31N5O6. The Bertz CT molecular complexity index is 1840. The van der Waals surface area contributed by atoms with Crippen LogP contribution in [0.2, 0.25) is 0 Å². The first-order valence-corrected chi connectivity index (χ1v) is 14.0. The van der Waals surface area contributed by atoms with E-state index >= 15 is 0 Å². The summed E-state index contributed by atoms with van der Waals surface area (Å²) in [6, 6.07) is 24.5. The number of ether oxygens (including phenoxy) is 4. The van der Waals surface area contributed by atoms with Gasteiger partial charge in [-0.1, -0.05) is 47.7 Å². The molecule has 0 unspecified atom stereocenters. The Balaban J connectivity index is 1.43. The predicted molar refractivity (Wildman–Crippen MR) is 163 cm³/mol. The van der Waals surface area contributed by atoms with Crippen LogP contribution in [0.5, 0.6) is 23.0 Å². The number of fused-ring (bicyclic) bond motifs is 2. The molecule has 0 saturated carbocycles. The van der Waals surface area contributed by atoms with E-state index in [2.05, 4.69) is 15.6 Å². The van der Waals surface area contributed by atoms with Crippen LogP contribution in [0.1, 0.15) is 22.7 Å². The summed E-state index contributed by atoms with van der Waals surface area (Å²) >= 11 is 0. The number of methoxy groups -OCH3 is 2. The summed E-state index contributed by atoms with van der Waals surface area (Å²) < 4.78 is 23.5. The lowest BCUT2D eigenvalue weighted by atomic mass is 10.0. The van der Waals surface area contributed by atoms with E-state index in [4.69, 9.17) is 18.9 Å². The van der Waals surface area contributed by atoms with E-state index < -0.39 is 11.9 Å². The van der Waals surface area contributed by atoms with Crippen molar-refractivity contribution >= 4 is 28.5 Å². The molecule has 0 fully saturated rings. The first-order chi connectivity index (χ1) is 21.4. The third-order valence-electron chi connectivity index (χ3n) is 7.55. The second-order valence-electron chi connectivity index (χ2n) is 10.3. The van der Waals surface area contributed by atoms with Crippen LogP contribution in [-0.4, -0.2) is 52.7 Å². The fourth-order valence-corrected chi connectivity index (χ4v) is 5.23. The second-order valence-corrected chi connectivity index (χ2v) is 10.3. The fourth-order valence-electron chi connectivity index (χ4n) is 5.23. The maximum Gasteiger partial charge on any atom is 0.251 e. The molecule has 0 spiro atoms. The minimum absolute atomic E-state index is 0.108. The number of carbonyl (C=O) groups excluding carboxylic acids is 2. The predicted octanol–water partition coefficient (Wildman–Crippen LogP) is 4.89. The van der Waals surface area contributed by atoms with Crippen LogP contribution < -0.4 is 24.3 Å². The molecule has 1 aromatic heterocycles. The van der Waals surface area contributed by atoms with E-state index in [1.54, 1.807) is 46.0 Å². The summed E-state index contributed by atoms with van der Waals surface area (Å²) in [4.78, 5) is 30.2. The third kappa shape index (κ3) is 5.71. The number of benzene rings is 4. The minimum atomic E-state index is -1.07. The first kappa shape index (κ1) is 28.5. The highest BCUT2D eigenvalue weighted by Gasteiger charge is 2.33. The number of nitrogens with zero attached hydrogens (tertiary/aromatic N) is 4. The molecule has 11 heteroatoms. The van der Waals surface area contributed by atoms with E-state index in [0.29, 0.717) is 45.3 Å². The lowest BCUT2D eigenvalue weighted by Gasteiger charge is -2.32. The average molecular weight is 594 g/mol. The van der Waals surface area contributed by atoms with Gasteiger partial charge in [-0.05, 0) is 60.0 Å². The molecule has 1 atom stereocenters. The molecule has 0 radical (unpaired) electrons. The number of amides is 2. The summed E-state index contributed by atoms with van der Waals surface area (Å²) in [7, 11) is 3.06. The largest absolute Gasteiger partial charge is 0.493 e. The fraction of sp³-hybridized carbons (Fsp3) is 0.212. The van der Waals surface area contributed by atoms with Crippen molar-refractivity contribution in [1.29, 1.82) is 0 Å². The maximum absolute atomic E-state index is 14.3. The van der Waals surface area contributed by atoms with Crippen molar-refractivity contribution in [3.05, 3.63) is 102 Å². The van der Waals surface area contributed by atoms with Gasteiger partial charge in [-0.25, -0.2) is 4.68 Å². The number of hydrogen-bond acceptors (Lipinski definition) is 8. The Kier molecular flexibility index (Phi) is 8.00. The van der Waals surface area contributed by atoms with Crippen LogP contribution in [0, 0.1) is 6.92 Å². The van der Waals surface area contributed by atoms with Crippen LogP contribution in [0.25, 0.3) is 11.0 Å². The highest BCUT2D eigenvalue weighted by Crippen LogP contribution is 2.36. The molecule has 1 N–H and O–H groups in total. The monoisotopic (exact) mass is 593 g/mol. The number of para-hydroxylation sites is 1. The van der Waals surface area contributed by atoms with Crippen LogP contribution in [0.15, 0.2) is 84.9 Å². The van der Waals surface area contributed by atoms with Gasteiger partial charge in [0.15, 0.2) is 23.0 Å². The molecule has 0 bridgehead atoms. The zero-order chi connectivity index (χ0) is 30.6. The van der Waals surface area contributed by atoms with Crippen molar-refractivity contribution in [3.63, 3.8) is 0 Å². The maximum atomic E-state index is 14.3. The summed E-state index contributed by atoms with van der Waals surface area (Å²) in [5.74, 6) is 1.28. The molecule has 4 aromatic carbocycles. The Hall–Kier alpha value is -5.58. The van der Waals surface area contributed by atoms with Gasteiger partial charge in [0.05, 0.1) is 19.7 Å². The number of nitrogens with one attached hydrogen (secondary N) is 1. The third-order valence-corrected chi connectivity index (χ3v) is 7.55. The van der Waals surface area contributed by atoms with Crippen molar-refractivity contribution < 1.29 is 28.5 Å². The minimum Gasteiger partial charge on any atom is -0.493 e. The summed E-state index contributed by atoms with van der Waals surface area (Å²) in [5.41, 5.74) is 4.29. The average Bonchev–Trinajstić information content (AvgIpc) is 3.68. The number of aromatic nitrogens is 3. The number of anilines is 1. The summed E-state index contributed by atoms with van der Waals surface area (Å²) in [5, 5.41) is 11.4. The number of aryl methyl sites for hydroxylation is 1. The number of hydrogen-bond donors (Lipinski definition) is 1. The van der Waals surface area contributed by atoms with Crippen molar-refractivity contribution in [2.24, 2.45) is 0 Å². The SMILES string of the molecule is COc1ccc([C@@H](C(=O)Nc2ccc3c(c2)OCO3)N(Cc2ccccc2C)C(=O)Cn2nnc3ccccc32)cc1OC. The smallest absolute Gasteiger partial charge is 0.251 e. The van der Waals surface area contributed by atoms with Crippen molar-refractivity contribution in [3.8, 4) is 23.0 Å². The zero-order valence-electron chi connectivity index (χ0n) is 24.5. The molecular weight excluding hydrogens is 562 g/mol. The Morgan fingerprint density at radius 2 is 1.70 bits per heavy atom. The van der Waals surface area contributed by atoms with Gasteiger partial charge in [0.2, 0.25) is 12.7 Å². The lowest BCUT2D eigenvalue weighted by molar-refractivity contribution is -0.140. The second kappa shape index (κ2) is 12.3. The molecule has 2 heterocycles. The van der Waals surface area contributed by atoms with Crippen LogP contribution in [-0.2, 0) is 22.7 Å². The number of carbonyl (C=O) groups is 2. The summed E-state index contributed by atoms with van der Waals surface area (Å²) in [6.45, 7) is 2.11. The van der Waals surface area contributed by atoms with Crippen molar-refractivity contribution in [2.75, 3.05) is 26.3 Å². The lowest BCUT2D eigenvalue weighted by Crippen LogP contribution is -2.42. The molecule has 224 valence electrons. The molecule has 0 aliphatic carbocycles. The van der Waals surface area contributed by atoms with E-state index in [0.717, 1.165) is 11.1 Å². The first-order valence-electron chi connectivity index (χ1n) is 14.0. The molecule has 11 nitrogen and oxygen atoms in total. The molecule has 1 aliphatic heterocycles. The Morgan fingerprint density at radius 3 is 2.52 bits per heavy atom. The quantitative estimate of drug-likeness (QED) is 0.243. The van der Waals surface area contributed by atoms with Crippen LogP contribution >= 0.6 is 0 Å². The molecule has 5 aromatic rings. The Labute approximate surface area is 253 Å².